The summed E-state index contributed by atoms with van der Waals surface area (Å²) in [5.74, 6) is 2.06. The van der Waals surface area contributed by atoms with Crippen LogP contribution in [0.2, 0.25) is 0 Å². The summed E-state index contributed by atoms with van der Waals surface area (Å²) < 4.78 is 10.7. The van der Waals surface area contributed by atoms with Crippen LogP contribution in [0.3, 0.4) is 0 Å². The first-order chi connectivity index (χ1) is 13.7. The number of ether oxygens (including phenoxy) is 2. The third-order valence-electron chi connectivity index (χ3n) is 5.05. The van der Waals surface area contributed by atoms with Crippen LogP contribution in [0.5, 0.6) is 11.5 Å². The summed E-state index contributed by atoms with van der Waals surface area (Å²) in [4.78, 5) is 22.5. The van der Waals surface area contributed by atoms with Crippen molar-refractivity contribution in [2.24, 2.45) is 0 Å². The number of nitrogens with one attached hydrogen (secondary N) is 1. The van der Waals surface area contributed by atoms with Crippen LogP contribution in [0.4, 0.5) is 0 Å². The zero-order valence-electron chi connectivity index (χ0n) is 16.1. The Morgan fingerprint density at radius 2 is 1.86 bits per heavy atom. The molecule has 1 aromatic heterocycles. The Hall–Kier alpha value is -3.12. The highest BCUT2D eigenvalue weighted by Gasteiger charge is 2.21. The van der Waals surface area contributed by atoms with Crippen molar-refractivity contribution < 1.29 is 9.47 Å². The van der Waals surface area contributed by atoms with E-state index < -0.39 is 0 Å². The molecular weight excluding hydrogens is 354 g/mol. The van der Waals surface area contributed by atoms with Gasteiger partial charge in [0.2, 0.25) is 0 Å². The summed E-state index contributed by atoms with van der Waals surface area (Å²) >= 11 is 0. The highest BCUT2D eigenvalue weighted by Crippen LogP contribution is 2.28. The lowest BCUT2D eigenvalue weighted by atomic mass is 10.0. The first-order valence-electron chi connectivity index (χ1n) is 9.28. The Bertz CT molecular complexity index is 1030. The smallest absolute Gasteiger partial charge is 0.254 e. The lowest BCUT2D eigenvalue weighted by Gasteiger charge is -2.28. The molecule has 2 aromatic carbocycles. The van der Waals surface area contributed by atoms with Crippen LogP contribution >= 0.6 is 0 Å². The molecule has 4 rings (SSSR count). The highest BCUT2D eigenvalue weighted by molar-refractivity contribution is 5.54. The van der Waals surface area contributed by atoms with Gasteiger partial charge >= 0.3 is 0 Å². The van der Waals surface area contributed by atoms with Crippen molar-refractivity contribution in [1.29, 1.82) is 0 Å². The van der Waals surface area contributed by atoms with E-state index >= 15 is 0 Å². The second-order valence-electron chi connectivity index (χ2n) is 6.86. The number of H-pyrrole nitrogens is 1. The number of nitrogens with zero attached hydrogens (tertiary/aromatic N) is 2. The van der Waals surface area contributed by atoms with Gasteiger partial charge in [-0.2, -0.15) is 0 Å². The van der Waals surface area contributed by atoms with Crippen molar-refractivity contribution in [2.75, 3.05) is 20.8 Å². The maximum Gasteiger partial charge on any atom is 0.254 e. The SMILES string of the molecule is COc1ccc(CN2CCc3c(nc(-c4ccccc4)[nH]c3=O)C2)cc1OC. The third kappa shape index (κ3) is 3.64. The van der Waals surface area contributed by atoms with Crippen molar-refractivity contribution in [3.8, 4) is 22.9 Å². The van der Waals surface area contributed by atoms with Crippen LogP contribution in [0.1, 0.15) is 16.8 Å². The zero-order valence-corrected chi connectivity index (χ0v) is 16.1. The molecule has 0 saturated heterocycles. The molecule has 0 unspecified atom stereocenters. The van der Waals surface area contributed by atoms with Gasteiger partial charge < -0.3 is 14.5 Å². The molecule has 0 radical (unpaired) electrons. The number of aromatic amines is 1. The van der Waals surface area contributed by atoms with Crippen LogP contribution in [-0.4, -0.2) is 35.6 Å². The number of hydrogen-bond acceptors (Lipinski definition) is 5. The van der Waals surface area contributed by atoms with Gasteiger partial charge in [-0.15, -0.1) is 0 Å². The lowest BCUT2D eigenvalue weighted by molar-refractivity contribution is 0.240. The maximum atomic E-state index is 12.5. The van der Waals surface area contributed by atoms with Gasteiger partial charge in [0.05, 0.1) is 19.9 Å². The normalized spacial score (nSPS) is 13.8. The van der Waals surface area contributed by atoms with Crippen molar-refractivity contribution >= 4 is 0 Å². The Morgan fingerprint density at radius 3 is 2.61 bits per heavy atom. The average Bonchev–Trinajstić information content (AvgIpc) is 2.74. The number of hydrogen-bond donors (Lipinski definition) is 1. The Labute approximate surface area is 163 Å². The minimum atomic E-state index is -0.0328. The standard InChI is InChI=1S/C22H23N3O3/c1-27-19-9-8-15(12-20(19)28-2)13-25-11-10-17-18(14-25)23-21(24-22(17)26)16-6-4-3-5-7-16/h3-9,12H,10-11,13-14H2,1-2H3,(H,23,24,26). The van der Waals surface area contributed by atoms with Crippen LogP contribution < -0.4 is 15.0 Å². The zero-order chi connectivity index (χ0) is 19.5. The minimum absolute atomic E-state index is 0.0328. The molecule has 0 atom stereocenters. The molecule has 6 heteroatoms. The molecule has 0 fully saturated rings. The number of aromatic nitrogens is 2. The fraction of sp³-hybridized carbons (Fsp3) is 0.273. The molecule has 2 heterocycles. The van der Waals surface area contributed by atoms with Gasteiger partial charge in [0, 0.05) is 30.8 Å². The minimum Gasteiger partial charge on any atom is -0.493 e. The molecule has 1 aliphatic rings. The van der Waals surface area contributed by atoms with E-state index in [2.05, 4.69) is 9.88 Å². The maximum absolute atomic E-state index is 12.5. The third-order valence-corrected chi connectivity index (χ3v) is 5.05. The molecule has 0 aliphatic carbocycles. The van der Waals surface area contributed by atoms with E-state index in [-0.39, 0.29) is 5.56 Å². The number of fused-ring (bicyclic) bond motifs is 1. The largest absolute Gasteiger partial charge is 0.493 e. The van der Waals surface area contributed by atoms with Crippen molar-refractivity contribution in [1.82, 2.24) is 14.9 Å². The Morgan fingerprint density at radius 1 is 1.07 bits per heavy atom. The summed E-state index contributed by atoms with van der Waals surface area (Å²) in [6, 6.07) is 15.7. The van der Waals surface area contributed by atoms with Gasteiger partial charge in [-0.1, -0.05) is 36.4 Å². The molecule has 144 valence electrons. The first kappa shape index (κ1) is 18.3. The second-order valence-corrected chi connectivity index (χ2v) is 6.86. The van der Waals surface area contributed by atoms with Crippen molar-refractivity contribution in [3.05, 3.63) is 75.7 Å². The molecule has 1 aliphatic heterocycles. The van der Waals surface area contributed by atoms with E-state index in [1.165, 1.54) is 0 Å². The van der Waals surface area contributed by atoms with E-state index in [1.807, 2.05) is 48.5 Å². The molecule has 0 spiro atoms. The molecule has 6 nitrogen and oxygen atoms in total. The monoisotopic (exact) mass is 377 g/mol. The van der Waals surface area contributed by atoms with Gasteiger partial charge in [-0.05, 0) is 24.1 Å². The molecule has 1 N–H and O–H groups in total. The fourth-order valence-corrected chi connectivity index (χ4v) is 3.60. The molecule has 3 aromatic rings. The Kier molecular flexibility index (Phi) is 5.12. The van der Waals surface area contributed by atoms with E-state index in [4.69, 9.17) is 14.5 Å². The van der Waals surface area contributed by atoms with Crippen molar-refractivity contribution in [2.45, 2.75) is 19.5 Å². The highest BCUT2D eigenvalue weighted by atomic mass is 16.5. The van der Waals surface area contributed by atoms with Crippen LogP contribution in [0.25, 0.3) is 11.4 Å². The van der Waals surface area contributed by atoms with Gasteiger partial charge in [-0.25, -0.2) is 4.98 Å². The second kappa shape index (κ2) is 7.86. The number of methoxy groups -OCH3 is 2. The van der Waals surface area contributed by atoms with E-state index in [1.54, 1.807) is 14.2 Å². The Balaban J connectivity index is 1.58. The predicted molar refractivity (Wildman–Crippen MR) is 108 cm³/mol. The van der Waals surface area contributed by atoms with Gasteiger partial charge in [0.25, 0.3) is 5.56 Å². The summed E-state index contributed by atoms with van der Waals surface area (Å²) in [6.07, 6.45) is 0.694. The summed E-state index contributed by atoms with van der Waals surface area (Å²) in [5, 5.41) is 0. The van der Waals surface area contributed by atoms with E-state index in [9.17, 15) is 4.79 Å². The van der Waals surface area contributed by atoms with E-state index in [0.29, 0.717) is 18.8 Å². The fourth-order valence-electron chi connectivity index (χ4n) is 3.60. The average molecular weight is 377 g/mol. The molecule has 0 amide bonds. The molecular formula is C22H23N3O3. The van der Waals surface area contributed by atoms with Gasteiger partial charge in [0.1, 0.15) is 5.82 Å². The number of rotatable bonds is 5. The lowest BCUT2D eigenvalue weighted by Crippen LogP contribution is -2.35. The summed E-state index contributed by atoms with van der Waals surface area (Å²) in [5.41, 5.74) is 3.67. The quantitative estimate of drug-likeness (QED) is 0.740. The van der Waals surface area contributed by atoms with E-state index in [0.717, 1.165) is 47.0 Å². The summed E-state index contributed by atoms with van der Waals surface area (Å²) in [6.45, 7) is 2.22. The molecule has 28 heavy (non-hydrogen) atoms. The topological polar surface area (TPSA) is 67.5 Å². The van der Waals surface area contributed by atoms with Gasteiger partial charge in [0.15, 0.2) is 11.5 Å². The molecule has 0 saturated carbocycles. The van der Waals surface area contributed by atoms with Crippen molar-refractivity contribution in [3.63, 3.8) is 0 Å². The molecule has 0 bridgehead atoms. The van der Waals surface area contributed by atoms with Crippen LogP contribution in [0.15, 0.2) is 53.3 Å². The number of benzene rings is 2. The summed E-state index contributed by atoms with van der Waals surface area (Å²) in [7, 11) is 3.27. The first-order valence-corrected chi connectivity index (χ1v) is 9.28. The van der Waals surface area contributed by atoms with Gasteiger partial charge in [-0.3, -0.25) is 9.69 Å². The van der Waals surface area contributed by atoms with Crippen LogP contribution in [-0.2, 0) is 19.5 Å². The predicted octanol–water partition coefficient (Wildman–Crippen LogP) is 3.01. The van der Waals surface area contributed by atoms with Crippen LogP contribution in [0, 0.1) is 0 Å².